The highest BCUT2D eigenvalue weighted by Crippen LogP contribution is 2.19. The standard InChI is InChI=1S/C16H35N/c1-6-9-11-15(4)12-10-13-16(7-2)14-17(5)8-3/h15-16H,6-14H2,1-5H3. The summed E-state index contributed by atoms with van der Waals surface area (Å²) in [5.41, 5.74) is 0. The van der Waals surface area contributed by atoms with Gasteiger partial charge in [-0.15, -0.1) is 0 Å². The van der Waals surface area contributed by atoms with Crippen LogP contribution in [0.3, 0.4) is 0 Å². The molecule has 0 radical (unpaired) electrons. The van der Waals surface area contributed by atoms with E-state index in [1.165, 1.54) is 58.0 Å². The Morgan fingerprint density at radius 1 is 0.941 bits per heavy atom. The molecule has 0 aliphatic carbocycles. The first-order valence-electron chi connectivity index (χ1n) is 7.82. The van der Waals surface area contributed by atoms with E-state index in [0.29, 0.717) is 0 Å². The zero-order chi connectivity index (χ0) is 13.1. The van der Waals surface area contributed by atoms with E-state index in [0.717, 1.165) is 11.8 Å². The molecule has 0 aromatic rings. The molecule has 104 valence electrons. The molecule has 2 atom stereocenters. The minimum Gasteiger partial charge on any atom is -0.306 e. The summed E-state index contributed by atoms with van der Waals surface area (Å²) in [4.78, 5) is 2.45. The van der Waals surface area contributed by atoms with Gasteiger partial charge in [-0.1, -0.05) is 66.2 Å². The van der Waals surface area contributed by atoms with Gasteiger partial charge in [0, 0.05) is 6.54 Å². The molecule has 0 heterocycles. The maximum atomic E-state index is 2.45. The summed E-state index contributed by atoms with van der Waals surface area (Å²) in [7, 11) is 2.24. The molecule has 17 heavy (non-hydrogen) atoms. The second kappa shape index (κ2) is 11.1. The van der Waals surface area contributed by atoms with Crippen LogP contribution in [0.25, 0.3) is 0 Å². The van der Waals surface area contributed by atoms with Crippen LogP contribution in [0.5, 0.6) is 0 Å². The highest BCUT2D eigenvalue weighted by molar-refractivity contribution is 4.63. The van der Waals surface area contributed by atoms with Crippen LogP contribution in [0.2, 0.25) is 0 Å². The van der Waals surface area contributed by atoms with Crippen molar-refractivity contribution in [2.24, 2.45) is 11.8 Å². The van der Waals surface area contributed by atoms with Gasteiger partial charge >= 0.3 is 0 Å². The average Bonchev–Trinajstić information content (AvgIpc) is 2.34. The normalized spacial score (nSPS) is 15.2. The summed E-state index contributed by atoms with van der Waals surface area (Å²) in [6.07, 6.45) is 9.83. The summed E-state index contributed by atoms with van der Waals surface area (Å²) >= 11 is 0. The zero-order valence-electron chi connectivity index (χ0n) is 13.0. The van der Waals surface area contributed by atoms with Crippen molar-refractivity contribution in [3.05, 3.63) is 0 Å². The molecule has 2 unspecified atom stereocenters. The number of rotatable bonds is 11. The van der Waals surface area contributed by atoms with Gasteiger partial charge in [-0.2, -0.15) is 0 Å². The van der Waals surface area contributed by atoms with Gasteiger partial charge < -0.3 is 4.90 Å². The van der Waals surface area contributed by atoms with Gasteiger partial charge in [-0.25, -0.2) is 0 Å². The molecule has 0 N–H and O–H groups in total. The molecule has 0 amide bonds. The van der Waals surface area contributed by atoms with Crippen LogP contribution < -0.4 is 0 Å². The van der Waals surface area contributed by atoms with Gasteiger partial charge in [0.2, 0.25) is 0 Å². The molecule has 0 saturated carbocycles. The molecule has 0 spiro atoms. The monoisotopic (exact) mass is 241 g/mol. The van der Waals surface area contributed by atoms with E-state index in [4.69, 9.17) is 0 Å². The van der Waals surface area contributed by atoms with E-state index >= 15 is 0 Å². The van der Waals surface area contributed by atoms with E-state index in [-0.39, 0.29) is 0 Å². The molecular formula is C16H35N. The molecule has 1 heteroatoms. The Bertz CT molecular complexity index is 156. The van der Waals surface area contributed by atoms with E-state index in [2.05, 4.69) is 39.6 Å². The predicted octanol–water partition coefficient (Wildman–Crippen LogP) is 4.96. The van der Waals surface area contributed by atoms with E-state index < -0.39 is 0 Å². The van der Waals surface area contributed by atoms with Gasteiger partial charge in [-0.3, -0.25) is 0 Å². The van der Waals surface area contributed by atoms with Crippen molar-refractivity contribution >= 4 is 0 Å². The number of hydrogen-bond donors (Lipinski definition) is 0. The minimum absolute atomic E-state index is 0.915. The van der Waals surface area contributed by atoms with Gasteiger partial charge in [-0.05, 0) is 31.8 Å². The van der Waals surface area contributed by atoms with Crippen LogP contribution in [0.4, 0.5) is 0 Å². The Morgan fingerprint density at radius 3 is 2.12 bits per heavy atom. The van der Waals surface area contributed by atoms with Gasteiger partial charge in [0.15, 0.2) is 0 Å². The topological polar surface area (TPSA) is 3.24 Å². The molecule has 0 aliphatic heterocycles. The Morgan fingerprint density at radius 2 is 1.59 bits per heavy atom. The first kappa shape index (κ1) is 17.0. The lowest BCUT2D eigenvalue weighted by Crippen LogP contribution is -2.25. The Kier molecular flexibility index (Phi) is 11.0. The maximum Gasteiger partial charge on any atom is 0.000639 e. The molecule has 0 fully saturated rings. The summed E-state index contributed by atoms with van der Waals surface area (Å²) in [5.74, 6) is 1.86. The van der Waals surface area contributed by atoms with Crippen molar-refractivity contribution in [2.75, 3.05) is 20.1 Å². The third-order valence-corrected chi connectivity index (χ3v) is 4.05. The maximum absolute atomic E-state index is 2.45. The zero-order valence-corrected chi connectivity index (χ0v) is 13.0. The lowest BCUT2D eigenvalue weighted by atomic mass is 9.93. The largest absolute Gasteiger partial charge is 0.306 e. The van der Waals surface area contributed by atoms with Gasteiger partial charge in [0.1, 0.15) is 0 Å². The van der Waals surface area contributed by atoms with Crippen molar-refractivity contribution < 1.29 is 0 Å². The van der Waals surface area contributed by atoms with Gasteiger partial charge in [0.05, 0.1) is 0 Å². The second-order valence-electron chi connectivity index (χ2n) is 5.81. The van der Waals surface area contributed by atoms with E-state index in [1.54, 1.807) is 0 Å². The number of unbranched alkanes of at least 4 members (excludes halogenated alkanes) is 1. The van der Waals surface area contributed by atoms with Crippen LogP contribution >= 0.6 is 0 Å². The van der Waals surface area contributed by atoms with Crippen molar-refractivity contribution in [1.82, 2.24) is 4.90 Å². The van der Waals surface area contributed by atoms with Crippen LogP contribution in [-0.4, -0.2) is 25.0 Å². The van der Waals surface area contributed by atoms with Crippen LogP contribution in [0.1, 0.15) is 72.6 Å². The van der Waals surface area contributed by atoms with E-state index in [9.17, 15) is 0 Å². The smallest absolute Gasteiger partial charge is 0.000639 e. The summed E-state index contributed by atoms with van der Waals surface area (Å²) in [6, 6.07) is 0. The first-order valence-corrected chi connectivity index (χ1v) is 7.82. The molecule has 0 aromatic carbocycles. The molecule has 0 rings (SSSR count). The minimum atomic E-state index is 0.915. The van der Waals surface area contributed by atoms with E-state index in [1.807, 2.05) is 0 Å². The Hall–Kier alpha value is -0.0400. The Balaban J connectivity index is 3.61. The average molecular weight is 241 g/mol. The van der Waals surface area contributed by atoms with Crippen molar-refractivity contribution in [3.8, 4) is 0 Å². The molecule has 0 aliphatic rings. The lowest BCUT2D eigenvalue weighted by molar-refractivity contribution is 0.265. The lowest BCUT2D eigenvalue weighted by Gasteiger charge is -2.22. The van der Waals surface area contributed by atoms with Gasteiger partial charge in [0.25, 0.3) is 0 Å². The first-order chi connectivity index (χ1) is 8.13. The predicted molar refractivity (Wildman–Crippen MR) is 79.5 cm³/mol. The fourth-order valence-corrected chi connectivity index (χ4v) is 2.45. The van der Waals surface area contributed by atoms with Crippen molar-refractivity contribution in [3.63, 3.8) is 0 Å². The fraction of sp³-hybridized carbons (Fsp3) is 1.00. The SMILES string of the molecule is CCCCC(C)CCCC(CC)CN(C)CC. The Labute approximate surface area is 110 Å². The summed E-state index contributed by atoms with van der Waals surface area (Å²) in [6.45, 7) is 11.8. The molecule has 0 bridgehead atoms. The molecule has 1 nitrogen and oxygen atoms in total. The van der Waals surface area contributed by atoms with Crippen molar-refractivity contribution in [1.29, 1.82) is 0 Å². The summed E-state index contributed by atoms with van der Waals surface area (Å²) in [5, 5.41) is 0. The number of hydrogen-bond acceptors (Lipinski definition) is 1. The fourth-order valence-electron chi connectivity index (χ4n) is 2.45. The highest BCUT2D eigenvalue weighted by atomic mass is 15.1. The van der Waals surface area contributed by atoms with Crippen molar-refractivity contribution in [2.45, 2.75) is 72.6 Å². The van der Waals surface area contributed by atoms with Crippen LogP contribution in [-0.2, 0) is 0 Å². The molecule has 0 saturated heterocycles. The highest BCUT2D eigenvalue weighted by Gasteiger charge is 2.09. The third-order valence-electron chi connectivity index (χ3n) is 4.05. The third kappa shape index (κ3) is 9.64. The molecular weight excluding hydrogens is 206 g/mol. The van der Waals surface area contributed by atoms with Crippen LogP contribution in [0, 0.1) is 11.8 Å². The van der Waals surface area contributed by atoms with Crippen LogP contribution in [0.15, 0.2) is 0 Å². The summed E-state index contributed by atoms with van der Waals surface area (Å²) < 4.78 is 0. The number of nitrogens with zero attached hydrogens (tertiary/aromatic N) is 1. The second-order valence-corrected chi connectivity index (χ2v) is 5.81. The molecule has 0 aromatic heterocycles. The quantitative estimate of drug-likeness (QED) is 0.494.